The lowest BCUT2D eigenvalue weighted by atomic mass is 10.1. The molecule has 4 N–H and O–H groups in total. The molecule has 0 aliphatic heterocycles. The van der Waals surface area contributed by atoms with Crippen LogP contribution in [0.15, 0.2) is 12.1 Å². The minimum Gasteiger partial charge on any atom is -0.476 e. The molecule has 1 aromatic heterocycles. The van der Waals surface area contributed by atoms with Crippen LogP contribution in [0.25, 0.3) is 0 Å². The van der Waals surface area contributed by atoms with Crippen molar-refractivity contribution in [3.8, 4) is 5.88 Å². The normalized spacial score (nSPS) is 12.2. The molecule has 0 aliphatic carbocycles. The number of pyridine rings is 1. The van der Waals surface area contributed by atoms with Gasteiger partial charge in [0.2, 0.25) is 5.88 Å². The van der Waals surface area contributed by atoms with E-state index in [9.17, 15) is 0 Å². The van der Waals surface area contributed by atoms with Crippen molar-refractivity contribution >= 4 is 11.5 Å². The van der Waals surface area contributed by atoms with Gasteiger partial charge in [0, 0.05) is 13.2 Å². The second-order valence-corrected chi connectivity index (χ2v) is 4.02. The third-order valence-electron chi connectivity index (χ3n) is 2.42. The Labute approximate surface area is 102 Å². The number of ether oxygens (including phenoxy) is 1. The fourth-order valence-corrected chi connectivity index (χ4v) is 1.40. The highest BCUT2D eigenvalue weighted by atomic mass is 16.5. The predicted octanol–water partition coefficient (Wildman–Crippen LogP) is 1.49. The van der Waals surface area contributed by atoms with Crippen molar-refractivity contribution in [3.05, 3.63) is 12.1 Å². The zero-order valence-corrected chi connectivity index (χ0v) is 10.4. The molecule has 0 radical (unpaired) electrons. The van der Waals surface area contributed by atoms with Crippen LogP contribution in [0.3, 0.4) is 0 Å². The number of aromatic nitrogens is 1. The number of hydrogen-bond acceptors (Lipinski definition) is 5. The Morgan fingerprint density at radius 2 is 2.29 bits per heavy atom. The molecule has 0 spiro atoms. The zero-order chi connectivity index (χ0) is 12.7. The molecule has 1 heterocycles. The van der Waals surface area contributed by atoms with Gasteiger partial charge in [-0.1, -0.05) is 6.92 Å². The van der Waals surface area contributed by atoms with Gasteiger partial charge in [0.25, 0.3) is 0 Å². The largest absolute Gasteiger partial charge is 0.476 e. The third kappa shape index (κ3) is 4.48. The number of anilines is 2. The number of rotatable bonds is 7. The van der Waals surface area contributed by atoms with Gasteiger partial charge in [0.1, 0.15) is 5.82 Å². The summed E-state index contributed by atoms with van der Waals surface area (Å²) in [6.07, 6.45) is 0.778. The third-order valence-corrected chi connectivity index (χ3v) is 2.42. The smallest absolute Gasteiger partial charge is 0.239 e. The minimum absolute atomic E-state index is 0.211. The van der Waals surface area contributed by atoms with Crippen molar-refractivity contribution in [2.75, 3.05) is 30.8 Å². The van der Waals surface area contributed by atoms with Crippen molar-refractivity contribution in [2.45, 2.75) is 20.3 Å². The molecule has 17 heavy (non-hydrogen) atoms. The van der Waals surface area contributed by atoms with E-state index in [1.54, 1.807) is 6.07 Å². The number of nitrogens with zero attached hydrogens (tertiary/aromatic N) is 1. The van der Waals surface area contributed by atoms with Crippen molar-refractivity contribution in [1.82, 2.24) is 4.98 Å². The Bertz CT molecular complexity index is 345. The van der Waals surface area contributed by atoms with Gasteiger partial charge in [-0.25, -0.2) is 0 Å². The van der Waals surface area contributed by atoms with E-state index in [0.717, 1.165) is 18.8 Å². The second kappa shape index (κ2) is 6.96. The number of aliphatic hydroxyl groups excluding tert-OH is 1. The zero-order valence-electron chi connectivity index (χ0n) is 10.4. The highest BCUT2D eigenvalue weighted by Crippen LogP contribution is 2.20. The summed E-state index contributed by atoms with van der Waals surface area (Å²) in [5.74, 6) is 1.61. The fourth-order valence-electron chi connectivity index (χ4n) is 1.40. The molecule has 1 unspecified atom stereocenters. The summed E-state index contributed by atoms with van der Waals surface area (Å²) in [4.78, 5) is 4.27. The molecule has 1 atom stereocenters. The summed E-state index contributed by atoms with van der Waals surface area (Å²) in [5, 5.41) is 12.0. The molecular weight excluding hydrogens is 218 g/mol. The first-order valence-corrected chi connectivity index (χ1v) is 5.91. The van der Waals surface area contributed by atoms with Crippen molar-refractivity contribution in [3.63, 3.8) is 0 Å². The maximum atomic E-state index is 8.80. The Kier molecular flexibility index (Phi) is 5.56. The molecule has 1 rings (SSSR count). The number of nitrogen functional groups attached to an aromatic ring is 1. The number of nitrogens with two attached hydrogens (primary N) is 1. The van der Waals surface area contributed by atoms with E-state index in [1.165, 1.54) is 0 Å². The number of aliphatic hydroxyl groups is 1. The quantitative estimate of drug-likeness (QED) is 0.671. The maximum Gasteiger partial charge on any atom is 0.239 e. The van der Waals surface area contributed by atoms with Gasteiger partial charge in [-0.05, 0) is 31.4 Å². The Balaban J connectivity index is 2.56. The van der Waals surface area contributed by atoms with Crippen LogP contribution in [-0.4, -0.2) is 29.8 Å². The first kappa shape index (κ1) is 13.6. The van der Waals surface area contributed by atoms with E-state index in [2.05, 4.69) is 17.2 Å². The van der Waals surface area contributed by atoms with Crippen LogP contribution in [0, 0.1) is 5.92 Å². The minimum atomic E-state index is 0.211. The van der Waals surface area contributed by atoms with Gasteiger partial charge in [0.15, 0.2) is 0 Å². The summed E-state index contributed by atoms with van der Waals surface area (Å²) >= 11 is 0. The molecule has 0 amide bonds. The van der Waals surface area contributed by atoms with Crippen LogP contribution >= 0.6 is 0 Å². The topological polar surface area (TPSA) is 80.4 Å². The van der Waals surface area contributed by atoms with Crippen LogP contribution in [0.4, 0.5) is 11.5 Å². The van der Waals surface area contributed by atoms with Crippen LogP contribution in [0.2, 0.25) is 0 Å². The molecular formula is C12H21N3O2. The van der Waals surface area contributed by atoms with Crippen LogP contribution in [0.5, 0.6) is 5.88 Å². The highest BCUT2D eigenvalue weighted by Gasteiger charge is 2.05. The fraction of sp³-hybridized carbons (Fsp3) is 0.583. The summed E-state index contributed by atoms with van der Waals surface area (Å²) in [7, 11) is 0. The molecule has 1 aromatic rings. The summed E-state index contributed by atoms with van der Waals surface area (Å²) in [5.41, 5.74) is 6.27. The van der Waals surface area contributed by atoms with Crippen molar-refractivity contribution in [1.29, 1.82) is 0 Å². The SMILES string of the molecule is CCOc1nc(NCC(C)CCO)ccc1N. The Morgan fingerprint density at radius 1 is 1.53 bits per heavy atom. The molecule has 5 heteroatoms. The molecule has 0 saturated carbocycles. The first-order chi connectivity index (χ1) is 8.17. The Morgan fingerprint density at radius 3 is 2.94 bits per heavy atom. The van der Waals surface area contributed by atoms with Crippen LogP contribution in [0.1, 0.15) is 20.3 Å². The molecule has 0 aliphatic rings. The summed E-state index contributed by atoms with van der Waals surface area (Å²) < 4.78 is 5.32. The lowest BCUT2D eigenvalue weighted by molar-refractivity contribution is 0.265. The first-order valence-electron chi connectivity index (χ1n) is 5.91. The molecule has 96 valence electrons. The Hall–Kier alpha value is -1.49. The average molecular weight is 239 g/mol. The lowest BCUT2D eigenvalue weighted by Crippen LogP contribution is -2.13. The number of hydrogen-bond donors (Lipinski definition) is 3. The molecule has 0 saturated heterocycles. The van der Waals surface area contributed by atoms with Gasteiger partial charge >= 0.3 is 0 Å². The van der Waals surface area contributed by atoms with E-state index in [-0.39, 0.29) is 6.61 Å². The van der Waals surface area contributed by atoms with Crippen LogP contribution < -0.4 is 15.8 Å². The van der Waals surface area contributed by atoms with E-state index in [4.69, 9.17) is 15.6 Å². The van der Waals surface area contributed by atoms with Gasteiger partial charge in [-0.15, -0.1) is 0 Å². The molecule has 0 bridgehead atoms. The van der Waals surface area contributed by atoms with Gasteiger partial charge in [0.05, 0.1) is 12.3 Å². The summed E-state index contributed by atoms with van der Waals surface area (Å²) in [6, 6.07) is 3.60. The van der Waals surface area contributed by atoms with E-state index in [1.807, 2.05) is 13.0 Å². The van der Waals surface area contributed by atoms with Crippen LogP contribution in [-0.2, 0) is 0 Å². The van der Waals surface area contributed by atoms with Gasteiger partial charge in [-0.3, -0.25) is 0 Å². The van der Waals surface area contributed by atoms with E-state index < -0.39 is 0 Å². The second-order valence-electron chi connectivity index (χ2n) is 4.02. The van der Waals surface area contributed by atoms with Gasteiger partial charge < -0.3 is 20.9 Å². The molecule has 0 fully saturated rings. The van der Waals surface area contributed by atoms with Crippen molar-refractivity contribution < 1.29 is 9.84 Å². The molecule has 0 aromatic carbocycles. The van der Waals surface area contributed by atoms with Crippen molar-refractivity contribution in [2.24, 2.45) is 5.92 Å². The maximum absolute atomic E-state index is 8.80. The van der Waals surface area contributed by atoms with E-state index >= 15 is 0 Å². The predicted molar refractivity (Wildman–Crippen MR) is 69.2 cm³/mol. The highest BCUT2D eigenvalue weighted by molar-refractivity contribution is 5.53. The lowest BCUT2D eigenvalue weighted by Gasteiger charge is -2.13. The molecule has 5 nitrogen and oxygen atoms in total. The monoisotopic (exact) mass is 239 g/mol. The number of nitrogens with one attached hydrogen (secondary N) is 1. The van der Waals surface area contributed by atoms with E-state index in [0.29, 0.717) is 24.1 Å². The summed E-state index contributed by atoms with van der Waals surface area (Å²) in [6.45, 7) is 5.49. The van der Waals surface area contributed by atoms with Gasteiger partial charge in [-0.2, -0.15) is 4.98 Å². The average Bonchev–Trinajstić information content (AvgIpc) is 2.31. The standard InChI is InChI=1S/C12H21N3O2/c1-3-17-12-10(13)4-5-11(15-12)14-8-9(2)6-7-16/h4-5,9,16H,3,6-8,13H2,1-2H3,(H,14,15).